The van der Waals surface area contributed by atoms with Gasteiger partial charge in [-0.15, -0.1) is 0 Å². The van der Waals surface area contributed by atoms with Gasteiger partial charge < -0.3 is 10.8 Å². The number of rotatable bonds is 3. The van der Waals surface area contributed by atoms with Crippen LogP contribution >= 0.6 is 0 Å². The molecule has 128 valence electrons. The number of aromatic hydroxyl groups is 1. The fourth-order valence-electron chi connectivity index (χ4n) is 2.50. The molecule has 0 saturated heterocycles. The molecular formula is C18H11FN4O3. The molecule has 0 bridgehead atoms. The number of anilines is 1. The molecule has 0 unspecified atom stereocenters. The number of hydrogen-bond acceptors (Lipinski definition) is 6. The Kier molecular flexibility index (Phi) is 4.21. The van der Waals surface area contributed by atoms with E-state index in [1.165, 1.54) is 30.5 Å². The number of nitro benzene ring substituents is 1. The van der Waals surface area contributed by atoms with Crippen molar-refractivity contribution in [3.05, 3.63) is 70.2 Å². The van der Waals surface area contributed by atoms with Crippen LogP contribution in [0.4, 0.5) is 15.9 Å². The van der Waals surface area contributed by atoms with E-state index in [0.717, 1.165) is 18.2 Å². The molecule has 3 aromatic rings. The quantitative estimate of drug-likeness (QED) is 0.549. The highest BCUT2D eigenvalue weighted by Crippen LogP contribution is 2.33. The molecule has 0 radical (unpaired) electrons. The number of nitrogens with zero attached hydrogens (tertiary/aromatic N) is 3. The van der Waals surface area contributed by atoms with Gasteiger partial charge in [-0.1, -0.05) is 6.07 Å². The summed E-state index contributed by atoms with van der Waals surface area (Å²) < 4.78 is 14.2. The predicted molar refractivity (Wildman–Crippen MR) is 92.5 cm³/mol. The molecule has 26 heavy (non-hydrogen) atoms. The summed E-state index contributed by atoms with van der Waals surface area (Å²) in [7, 11) is 0. The number of aromatic nitrogens is 1. The minimum Gasteiger partial charge on any atom is -0.507 e. The first-order chi connectivity index (χ1) is 12.4. The van der Waals surface area contributed by atoms with Crippen LogP contribution in [0.1, 0.15) is 5.56 Å². The molecule has 0 aliphatic carbocycles. The minimum absolute atomic E-state index is 0.00670. The van der Waals surface area contributed by atoms with Gasteiger partial charge in [-0.25, -0.2) is 9.37 Å². The van der Waals surface area contributed by atoms with Crippen LogP contribution in [0.3, 0.4) is 0 Å². The van der Waals surface area contributed by atoms with E-state index in [4.69, 9.17) is 11.0 Å². The fourth-order valence-corrected chi connectivity index (χ4v) is 2.50. The molecule has 2 aromatic carbocycles. The highest BCUT2D eigenvalue weighted by molar-refractivity contribution is 5.80. The lowest BCUT2D eigenvalue weighted by Gasteiger charge is -2.10. The van der Waals surface area contributed by atoms with E-state index >= 15 is 0 Å². The molecule has 0 atom stereocenters. The Morgan fingerprint density at radius 1 is 1.15 bits per heavy atom. The lowest BCUT2D eigenvalue weighted by atomic mass is 9.99. The van der Waals surface area contributed by atoms with Crippen molar-refractivity contribution in [3.8, 4) is 34.1 Å². The summed E-state index contributed by atoms with van der Waals surface area (Å²) in [6, 6.07) is 10.9. The molecule has 0 aliphatic heterocycles. The van der Waals surface area contributed by atoms with Crippen molar-refractivity contribution >= 4 is 11.5 Å². The van der Waals surface area contributed by atoms with Crippen molar-refractivity contribution < 1.29 is 14.4 Å². The first kappa shape index (κ1) is 16.9. The topological polar surface area (TPSA) is 126 Å². The third kappa shape index (κ3) is 3.01. The fraction of sp³-hybridized carbons (Fsp3) is 0. The SMILES string of the molecule is N#Cc1cc(-c2cc(-c3cc([N+](=O)[O-])ccc3F)cnc2N)ccc1O. The normalized spacial score (nSPS) is 10.3. The van der Waals surface area contributed by atoms with Crippen LogP contribution in [-0.2, 0) is 0 Å². The largest absolute Gasteiger partial charge is 0.507 e. The molecule has 3 rings (SSSR count). The number of pyridine rings is 1. The highest BCUT2D eigenvalue weighted by atomic mass is 19.1. The molecule has 3 N–H and O–H groups in total. The number of halogens is 1. The summed E-state index contributed by atoms with van der Waals surface area (Å²) in [5.74, 6) is -0.686. The van der Waals surface area contributed by atoms with Crippen molar-refractivity contribution in [2.24, 2.45) is 0 Å². The third-order valence-corrected chi connectivity index (χ3v) is 3.82. The molecule has 0 spiro atoms. The number of nitro groups is 1. The van der Waals surface area contributed by atoms with Crippen LogP contribution < -0.4 is 5.73 Å². The smallest absolute Gasteiger partial charge is 0.270 e. The summed E-state index contributed by atoms with van der Waals surface area (Å²) in [4.78, 5) is 14.3. The zero-order valence-electron chi connectivity index (χ0n) is 13.2. The van der Waals surface area contributed by atoms with Crippen molar-refractivity contribution in [1.82, 2.24) is 4.98 Å². The standard InChI is InChI=1S/C18H11FN4O3/c19-16-3-2-13(23(25)26)7-14(16)12-6-15(18(21)22-9-12)10-1-4-17(24)11(5-10)8-20/h1-7,9,24H,(H2,21,22). The molecule has 8 heteroatoms. The Balaban J connectivity index is 2.17. The van der Waals surface area contributed by atoms with Crippen LogP contribution in [0.15, 0.2) is 48.7 Å². The maximum atomic E-state index is 14.2. The van der Waals surface area contributed by atoms with Crippen molar-refractivity contribution in [2.45, 2.75) is 0 Å². The van der Waals surface area contributed by atoms with E-state index in [1.807, 2.05) is 6.07 Å². The van der Waals surface area contributed by atoms with Gasteiger partial charge in [0.2, 0.25) is 0 Å². The lowest BCUT2D eigenvalue weighted by molar-refractivity contribution is -0.384. The Labute approximate surface area is 146 Å². The third-order valence-electron chi connectivity index (χ3n) is 3.82. The first-order valence-electron chi connectivity index (χ1n) is 7.34. The summed E-state index contributed by atoms with van der Waals surface area (Å²) >= 11 is 0. The number of nitriles is 1. The van der Waals surface area contributed by atoms with E-state index < -0.39 is 10.7 Å². The predicted octanol–water partition coefficient (Wildman–Crippen LogP) is 3.62. The average molecular weight is 350 g/mol. The summed E-state index contributed by atoms with van der Waals surface area (Å²) in [6.07, 6.45) is 1.31. The van der Waals surface area contributed by atoms with Crippen LogP contribution in [-0.4, -0.2) is 15.0 Å². The van der Waals surface area contributed by atoms with Crippen molar-refractivity contribution in [2.75, 3.05) is 5.73 Å². The molecular weight excluding hydrogens is 339 g/mol. The zero-order chi connectivity index (χ0) is 18.8. The zero-order valence-corrected chi connectivity index (χ0v) is 13.2. The summed E-state index contributed by atoms with van der Waals surface area (Å²) in [5, 5.41) is 29.6. The molecule has 0 saturated carbocycles. The molecule has 1 heterocycles. The van der Waals surface area contributed by atoms with Gasteiger partial charge in [0.25, 0.3) is 5.69 Å². The second kappa shape index (κ2) is 6.49. The average Bonchev–Trinajstić information content (AvgIpc) is 2.63. The van der Waals surface area contributed by atoms with E-state index in [1.54, 1.807) is 0 Å². The Hall–Kier alpha value is -3.99. The number of hydrogen-bond donors (Lipinski definition) is 2. The van der Waals surface area contributed by atoms with E-state index in [9.17, 15) is 19.6 Å². The molecule has 0 fully saturated rings. The maximum Gasteiger partial charge on any atom is 0.270 e. The Morgan fingerprint density at radius 3 is 2.62 bits per heavy atom. The van der Waals surface area contributed by atoms with E-state index in [2.05, 4.69) is 4.98 Å². The summed E-state index contributed by atoms with van der Waals surface area (Å²) in [5.41, 5.74) is 6.89. The van der Waals surface area contributed by atoms with Gasteiger partial charge in [-0.2, -0.15) is 5.26 Å². The second-order valence-electron chi connectivity index (χ2n) is 5.42. The van der Waals surface area contributed by atoms with Crippen molar-refractivity contribution in [1.29, 1.82) is 5.26 Å². The monoisotopic (exact) mass is 350 g/mol. The number of non-ortho nitro benzene ring substituents is 1. The molecule has 7 nitrogen and oxygen atoms in total. The van der Waals surface area contributed by atoms with E-state index in [-0.39, 0.29) is 28.4 Å². The number of nitrogen functional groups attached to an aromatic ring is 1. The minimum atomic E-state index is -0.642. The van der Waals surface area contributed by atoms with Crippen LogP contribution in [0.25, 0.3) is 22.3 Å². The van der Waals surface area contributed by atoms with Crippen LogP contribution in [0, 0.1) is 27.3 Å². The number of phenols is 1. The van der Waals surface area contributed by atoms with Gasteiger partial charge in [0.15, 0.2) is 0 Å². The molecule has 0 aliphatic rings. The lowest BCUT2D eigenvalue weighted by Crippen LogP contribution is -1.97. The van der Waals surface area contributed by atoms with Gasteiger partial charge in [-0.3, -0.25) is 10.1 Å². The van der Waals surface area contributed by atoms with Crippen molar-refractivity contribution in [3.63, 3.8) is 0 Å². The van der Waals surface area contributed by atoms with Gasteiger partial charge in [0, 0.05) is 35.0 Å². The maximum absolute atomic E-state index is 14.2. The Bertz CT molecular complexity index is 1080. The number of benzene rings is 2. The second-order valence-corrected chi connectivity index (χ2v) is 5.42. The first-order valence-corrected chi connectivity index (χ1v) is 7.34. The van der Waals surface area contributed by atoms with E-state index in [0.29, 0.717) is 16.7 Å². The molecule has 0 amide bonds. The van der Waals surface area contributed by atoms with Gasteiger partial charge in [0.1, 0.15) is 23.5 Å². The molecule has 1 aromatic heterocycles. The van der Waals surface area contributed by atoms with Gasteiger partial charge >= 0.3 is 0 Å². The van der Waals surface area contributed by atoms with Gasteiger partial charge in [0.05, 0.1) is 10.5 Å². The number of nitrogens with two attached hydrogens (primary N) is 1. The Morgan fingerprint density at radius 2 is 1.92 bits per heavy atom. The number of phenolic OH excluding ortho intramolecular Hbond substituents is 1. The highest BCUT2D eigenvalue weighted by Gasteiger charge is 2.15. The van der Waals surface area contributed by atoms with Crippen LogP contribution in [0.2, 0.25) is 0 Å². The summed E-state index contributed by atoms with van der Waals surface area (Å²) in [6.45, 7) is 0. The van der Waals surface area contributed by atoms with Gasteiger partial charge in [-0.05, 0) is 29.8 Å². The van der Waals surface area contributed by atoms with Crippen LogP contribution in [0.5, 0.6) is 5.75 Å².